The zero-order chi connectivity index (χ0) is 28.2. The fraction of sp³-hybridized carbons (Fsp3) is 0.294. The SMILES string of the molecule is CCCN=C(c1nc2c(-c3ccsc3)cccc2[nH]1)c1cc(-c2cncc(NC(=O)C3CCCCC3)c2)ccc1C. The Labute approximate surface area is 245 Å². The largest absolute Gasteiger partial charge is 0.337 e. The number of carbonyl (C=O) groups excluding carboxylic acids is 1. The van der Waals surface area contributed by atoms with Crippen LogP contribution in [0.25, 0.3) is 33.3 Å². The van der Waals surface area contributed by atoms with E-state index >= 15 is 0 Å². The third-order valence-corrected chi connectivity index (χ3v) is 8.55. The lowest BCUT2D eigenvalue weighted by atomic mass is 9.88. The van der Waals surface area contributed by atoms with Crippen LogP contribution in [0.2, 0.25) is 0 Å². The third kappa shape index (κ3) is 5.86. The minimum absolute atomic E-state index is 0.0970. The van der Waals surface area contributed by atoms with Crippen LogP contribution in [0, 0.1) is 12.8 Å². The number of aromatic amines is 1. The molecule has 6 rings (SSSR count). The van der Waals surface area contributed by atoms with E-state index in [2.05, 4.69) is 82.4 Å². The summed E-state index contributed by atoms with van der Waals surface area (Å²) in [6.07, 6.45) is 9.94. The Balaban J connectivity index is 1.35. The van der Waals surface area contributed by atoms with E-state index in [1.54, 1.807) is 17.5 Å². The Hall–Kier alpha value is -4.10. The molecule has 1 aliphatic rings. The lowest BCUT2D eigenvalue weighted by Crippen LogP contribution is -2.24. The molecule has 0 saturated heterocycles. The van der Waals surface area contributed by atoms with E-state index in [9.17, 15) is 4.79 Å². The summed E-state index contributed by atoms with van der Waals surface area (Å²) in [4.78, 5) is 31.0. The van der Waals surface area contributed by atoms with Crippen molar-refractivity contribution in [3.05, 3.63) is 88.6 Å². The molecule has 41 heavy (non-hydrogen) atoms. The van der Waals surface area contributed by atoms with E-state index in [-0.39, 0.29) is 11.8 Å². The van der Waals surface area contributed by atoms with Gasteiger partial charge in [-0.2, -0.15) is 11.3 Å². The molecule has 3 aromatic heterocycles. The zero-order valence-corrected chi connectivity index (χ0v) is 24.4. The van der Waals surface area contributed by atoms with Gasteiger partial charge in [0, 0.05) is 35.3 Å². The first-order valence-electron chi connectivity index (χ1n) is 14.5. The Bertz CT molecular complexity index is 1700. The number of aliphatic imine (C=N–C) groups is 1. The fourth-order valence-electron chi connectivity index (χ4n) is 5.64. The first-order valence-corrected chi connectivity index (χ1v) is 15.5. The Kier molecular flexibility index (Phi) is 8.05. The second-order valence-corrected chi connectivity index (χ2v) is 11.6. The van der Waals surface area contributed by atoms with Crippen LogP contribution >= 0.6 is 11.3 Å². The number of fused-ring (bicyclic) bond motifs is 1. The number of nitrogens with one attached hydrogen (secondary N) is 2. The van der Waals surface area contributed by atoms with Crippen molar-refractivity contribution >= 4 is 39.7 Å². The normalized spacial score (nSPS) is 14.4. The number of hydrogen-bond acceptors (Lipinski definition) is 5. The third-order valence-electron chi connectivity index (χ3n) is 7.87. The predicted octanol–water partition coefficient (Wildman–Crippen LogP) is 8.43. The quantitative estimate of drug-likeness (QED) is 0.187. The molecule has 5 aromatic rings. The number of imidazole rings is 1. The van der Waals surface area contributed by atoms with Crippen LogP contribution < -0.4 is 5.32 Å². The average Bonchev–Trinajstić information content (AvgIpc) is 3.69. The summed E-state index contributed by atoms with van der Waals surface area (Å²) < 4.78 is 0. The van der Waals surface area contributed by atoms with E-state index in [0.717, 1.165) is 88.2 Å². The van der Waals surface area contributed by atoms with Gasteiger partial charge < -0.3 is 10.3 Å². The summed E-state index contributed by atoms with van der Waals surface area (Å²) in [5.74, 6) is 0.969. The molecule has 0 aliphatic heterocycles. The molecule has 1 saturated carbocycles. The van der Waals surface area contributed by atoms with Crippen molar-refractivity contribution < 1.29 is 4.79 Å². The van der Waals surface area contributed by atoms with Crippen LogP contribution in [-0.4, -0.2) is 33.1 Å². The molecule has 2 aromatic carbocycles. The molecule has 0 atom stereocenters. The van der Waals surface area contributed by atoms with Crippen LogP contribution in [0.3, 0.4) is 0 Å². The second kappa shape index (κ2) is 12.2. The first kappa shape index (κ1) is 27.1. The Morgan fingerprint density at radius 2 is 1.93 bits per heavy atom. The molecular weight excluding hydrogens is 526 g/mol. The molecule has 208 valence electrons. The number of hydrogen-bond donors (Lipinski definition) is 2. The number of rotatable bonds is 8. The molecule has 0 unspecified atom stereocenters. The van der Waals surface area contributed by atoms with Crippen molar-refractivity contribution in [1.29, 1.82) is 0 Å². The van der Waals surface area contributed by atoms with Crippen LogP contribution in [0.15, 0.2) is 76.7 Å². The molecule has 2 N–H and O–H groups in total. The van der Waals surface area contributed by atoms with Gasteiger partial charge in [-0.05, 0) is 77.9 Å². The molecule has 1 amide bonds. The molecule has 1 aliphatic carbocycles. The number of carbonyl (C=O) groups is 1. The van der Waals surface area contributed by atoms with Gasteiger partial charge >= 0.3 is 0 Å². The highest BCUT2D eigenvalue weighted by Crippen LogP contribution is 2.31. The topological polar surface area (TPSA) is 83.0 Å². The minimum Gasteiger partial charge on any atom is -0.337 e. The van der Waals surface area contributed by atoms with Gasteiger partial charge in [-0.1, -0.05) is 50.5 Å². The van der Waals surface area contributed by atoms with Gasteiger partial charge in [-0.15, -0.1) is 0 Å². The van der Waals surface area contributed by atoms with E-state index in [0.29, 0.717) is 6.54 Å². The van der Waals surface area contributed by atoms with Gasteiger partial charge in [0.2, 0.25) is 5.91 Å². The highest BCUT2D eigenvalue weighted by molar-refractivity contribution is 7.08. The van der Waals surface area contributed by atoms with Crippen molar-refractivity contribution in [1.82, 2.24) is 15.0 Å². The molecule has 7 heteroatoms. The molecule has 0 spiro atoms. The number of aryl methyl sites for hydroxylation is 1. The van der Waals surface area contributed by atoms with Crippen molar-refractivity contribution in [2.45, 2.75) is 52.4 Å². The zero-order valence-electron chi connectivity index (χ0n) is 23.6. The summed E-state index contributed by atoms with van der Waals surface area (Å²) in [7, 11) is 0. The van der Waals surface area contributed by atoms with E-state index < -0.39 is 0 Å². The second-order valence-electron chi connectivity index (χ2n) is 10.8. The number of pyridine rings is 1. The van der Waals surface area contributed by atoms with Gasteiger partial charge in [0.1, 0.15) is 5.71 Å². The van der Waals surface area contributed by atoms with Crippen molar-refractivity contribution in [3.63, 3.8) is 0 Å². The van der Waals surface area contributed by atoms with E-state index in [1.807, 2.05) is 12.3 Å². The number of thiophene rings is 1. The maximum absolute atomic E-state index is 12.9. The summed E-state index contributed by atoms with van der Waals surface area (Å²) in [5, 5.41) is 7.37. The number of nitrogens with zero attached hydrogens (tertiary/aromatic N) is 3. The lowest BCUT2D eigenvalue weighted by Gasteiger charge is -2.20. The summed E-state index contributed by atoms with van der Waals surface area (Å²) >= 11 is 1.69. The van der Waals surface area contributed by atoms with Gasteiger partial charge in [-0.3, -0.25) is 14.8 Å². The number of para-hydroxylation sites is 1. The lowest BCUT2D eigenvalue weighted by molar-refractivity contribution is -0.120. The predicted molar refractivity (Wildman–Crippen MR) is 170 cm³/mol. The summed E-state index contributed by atoms with van der Waals surface area (Å²) in [6, 6.07) is 16.8. The van der Waals surface area contributed by atoms with Gasteiger partial charge in [-0.25, -0.2) is 4.98 Å². The highest BCUT2D eigenvalue weighted by atomic mass is 32.1. The van der Waals surface area contributed by atoms with Crippen LogP contribution in [-0.2, 0) is 4.79 Å². The van der Waals surface area contributed by atoms with Crippen LogP contribution in [0.4, 0.5) is 5.69 Å². The maximum atomic E-state index is 12.9. The monoisotopic (exact) mass is 561 g/mol. The highest BCUT2D eigenvalue weighted by Gasteiger charge is 2.22. The minimum atomic E-state index is 0.0970. The number of benzene rings is 2. The van der Waals surface area contributed by atoms with Crippen LogP contribution in [0.5, 0.6) is 0 Å². The number of amides is 1. The summed E-state index contributed by atoms with van der Waals surface area (Å²) in [5.41, 5.74) is 9.94. The number of H-pyrrole nitrogens is 1. The Morgan fingerprint density at radius 3 is 2.73 bits per heavy atom. The maximum Gasteiger partial charge on any atom is 0.227 e. The molecular formula is C34H35N5OS. The Morgan fingerprint density at radius 1 is 1.05 bits per heavy atom. The van der Waals surface area contributed by atoms with Crippen molar-refractivity contribution in [3.8, 4) is 22.3 Å². The van der Waals surface area contributed by atoms with Crippen molar-refractivity contribution in [2.24, 2.45) is 10.9 Å². The molecule has 6 nitrogen and oxygen atoms in total. The smallest absolute Gasteiger partial charge is 0.227 e. The number of aromatic nitrogens is 3. The number of anilines is 1. The standard InChI is InChI=1S/C34H35N5OS/c1-3-15-36-32(33-38-30-11-7-10-28(31(30)39-33)25-14-16-41-21-25)29-18-24(13-12-22(29)2)26-17-27(20-35-19-26)37-34(40)23-8-5-4-6-9-23/h7,10-14,16-21,23H,3-6,8-9,15H2,1-2H3,(H,37,40)(H,38,39). The van der Waals surface area contributed by atoms with E-state index in [4.69, 9.17) is 9.98 Å². The molecule has 1 fully saturated rings. The average molecular weight is 562 g/mol. The van der Waals surface area contributed by atoms with Gasteiger partial charge in [0.05, 0.1) is 22.9 Å². The van der Waals surface area contributed by atoms with Gasteiger partial charge in [0.25, 0.3) is 0 Å². The van der Waals surface area contributed by atoms with Crippen molar-refractivity contribution in [2.75, 3.05) is 11.9 Å². The fourth-order valence-corrected chi connectivity index (χ4v) is 6.29. The first-order chi connectivity index (χ1) is 20.1. The summed E-state index contributed by atoms with van der Waals surface area (Å²) in [6.45, 7) is 4.95. The molecule has 3 heterocycles. The van der Waals surface area contributed by atoms with Crippen LogP contribution in [0.1, 0.15) is 62.4 Å². The van der Waals surface area contributed by atoms with Gasteiger partial charge in [0.15, 0.2) is 5.82 Å². The molecule has 0 radical (unpaired) electrons. The van der Waals surface area contributed by atoms with E-state index in [1.165, 1.54) is 12.0 Å². The molecule has 0 bridgehead atoms.